The summed E-state index contributed by atoms with van der Waals surface area (Å²) < 4.78 is 0. The van der Waals surface area contributed by atoms with E-state index in [1.807, 2.05) is 0 Å². The molecule has 6 heteroatoms. The van der Waals surface area contributed by atoms with Gasteiger partial charge in [0.25, 0.3) is 5.69 Å². The molecular weight excluding hydrogens is 248 g/mol. The first-order valence-corrected chi connectivity index (χ1v) is 5.48. The van der Waals surface area contributed by atoms with E-state index in [2.05, 4.69) is 4.98 Å². The Morgan fingerprint density at radius 2 is 2.05 bits per heavy atom. The molecule has 6 nitrogen and oxygen atoms in total. The largest absolute Gasteiger partial charge is 0.507 e. The van der Waals surface area contributed by atoms with Crippen molar-refractivity contribution < 1.29 is 14.8 Å². The summed E-state index contributed by atoms with van der Waals surface area (Å²) in [7, 11) is 0. The first-order chi connectivity index (χ1) is 9.09. The number of pyridine rings is 1. The van der Waals surface area contributed by atoms with E-state index in [0.29, 0.717) is 0 Å². The summed E-state index contributed by atoms with van der Waals surface area (Å²) in [6, 6.07) is 7.52. The molecule has 2 aromatic rings. The third kappa shape index (κ3) is 2.74. The van der Waals surface area contributed by atoms with Gasteiger partial charge in [0.05, 0.1) is 10.5 Å². The van der Waals surface area contributed by atoms with Gasteiger partial charge in [-0.25, -0.2) is 0 Å². The van der Waals surface area contributed by atoms with Crippen molar-refractivity contribution in [1.82, 2.24) is 4.98 Å². The molecule has 0 spiro atoms. The first-order valence-electron chi connectivity index (χ1n) is 5.48. The summed E-state index contributed by atoms with van der Waals surface area (Å²) in [6.07, 6.45) is 2.34. The lowest BCUT2D eigenvalue weighted by molar-refractivity contribution is -0.385. The lowest BCUT2D eigenvalue weighted by Gasteiger charge is -2.04. The van der Waals surface area contributed by atoms with E-state index in [1.165, 1.54) is 24.4 Å². The van der Waals surface area contributed by atoms with E-state index in [-0.39, 0.29) is 34.8 Å². The molecule has 0 saturated carbocycles. The molecule has 0 bridgehead atoms. The molecule has 2 rings (SSSR count). The van der Waals surface area contributed by atoms with Crippen LogP contribution in [0.25, 0.3) is 0 Å². The molecule has 0 radical (unpaired) electrons. The molecule has 0 atom stereocenters. The summed E-state index contributed by atoms with van der Waals surface area (Å²) in [5.74, 6) is -0.517. The highest BCUT2D eigenvalue weighted by Gasteiger charge is 2.18. The summed E-state index contributed by atoms with van der Waals surface area (Å²) >= 11 is 0. The Morgan fingerprint density at radius 1 is 1.32 bits per heavy atom. The number of aromatic nitrogens is 1. The Labute approximate surface area is 108 Å². The second-order valence-electron chi connectivity index (χ2n) is 3.88. The van der Waals surface area contributed by atoms with Crippen LogP contribution in [0.15, 0.2) is 42.7 Å². The highest BCUT2D eigenvalue weighted by molar-refractivity contribution is 6.00. The highest BCUT2D eigenvalue weighted by Crippen LogP contribution is 2.22. The number of para-hydroxylation sites is 1. The molecule has 0 aliphatic heterocycles. The number of Topliss-reactive ketones (excluding diaryl/α,β-unsaturated/α-hetero) is 1. The van der Waals surface area contributed by atoms with Gasteiger partial charge in [-0.05, 0) is 18.2 Å². The molecule has 0 amide bonds. The average molecular weight is 258 g/mol. The second kappa shape index (κ2) is 5.26. The van der Waals surface area contributed by atoms with Gasteiger partial charge in [0.15, 0.2) is 5.78 Å². The van der Waals surface area contributed by atoms with Crippen LogP contribution in [0.4, 0.5) is 5.69 Å². The quantitative estimate of drug-likeness (QED) is 0.515. The number of phenolic OH excluding ortho intramolecular Hbond substituents is 1. The Morgan fingerprint density at radius 3 is 2.74 bits per heavy atom. The summed E-state index contributed by atoms with van der Waals surface area (Å²) in [5, 5.41) is 20.4. The summed E-state index contributed by atoms with van der Waals surface area (Å²) in [6.45, 7) is 0. The Kier molecular flexibility index (Phi) is 3.51. The average Bonchev–Trinajstić information content (AvgIpc) is 2.39. The lowest BCUT2D eigenvalue weighted by Crippen LogP contribution is -2.06. The Balaban J connectivity index is 2.30. The van der Waals surface area contributed by atoms with Gasteiger partial charge in [-0.15, -0.1) is 0 Å². The smallest absolute Gasteiger partial charge is 0.291 e. The molecular formula is C13H10N2O4. The number of benzene rings is 1. The van der Waals surface area contributed by atoms with Crippen molar-refractivity contribution in [3.63, 3.8) is 0 Å². The summed E-state index contributed by atoms with van der Waals surface area (Å²) in [5.41, 5.74) is 0.216. The lowest BCUT2D eigenvalue weighted by atomic mass is 10.0. The normalized spacial score (nSPS) is 10.1. The maximum atomic E-state index is 12.0. The van der Waals surface area contributed by atoms with E-state index in [4.69, 9.17) is 0 Å². The molecule has 1 heterocycles. The number of nitro groups is 1. The maximum absolute atomic E-state index is 12.0. The number of aromatic hydroxyl groups is 1. The number of carbonyl (C=O) groups excluding carboxylic acids is 1. The standard InChI is InChI=1S/C13H10N2O4/c16-12-4-2-1-3-10(12)13(17)7-9-5-6-14-8-11(9)15(18)19/h1-6,8,16H,7H2. The third-order valence-electron chi connectivity index (χ3n) is 2.64. The van der Waals surface area contributed by atoms with Crippen molar-refractivity contribution in [3.05, 3.63) is 64.0 Å². The van der Waals surface area contributed by atoms with E-state index in [1.54, 1.807) is 12.1 Å². The van der Waals surface area contributed by atoms with Crippen LogP contribution in [0.2, 0.25) is 0 Å². The molecule has 0 unspecified atom stereocenters. The molecule has 1 aromatic heterocycles. The number of nitrogens with zero attached hydrogens (tertiary/aromatic N) is 2. The zero-order valence-electron chi connectivity index (χ0n) is 9.81. The van der Waals surface area contributed by atoms with Crippen molar-refractivity contribution in [3.8, 4) is 5.75 Å². The molecule has 96 valence electrons. The van der Waals surface area contributed by atoms with Gasteiger partial charge in [-0.2, -0.15) is 0 Å². The number of hydrogen-bond acceptors (Lipinski definition) is 5. The fraction of sp³-hybridized carbons (Fsp3) is 0.0769. The third-order valence-corrected chi connectivity index (χ3v) is 2.64. The predicted molar refractivity (Wildman–Crippen MR) is 67.0 cm³/mol. The summed E-state index contributed by atoms with van der Waals surface area (Å²) in [4.78, 5) is 25.9. The topological polar surface area (TPSA) is 93.3 Å². The highest BCUT2D eigenvalue weighted by atomic mass is 16.6. The van der Waals surface area contributed by atoms with Crippen molar-refractivity contribution in [2.24, 2.45) is 0 Å². The maximum Gasteiger partial charge on any atom is 0.291 e. The molecule has 19 heavy (non-hydrogen) atoms. The minimum atomic E-state index is -0.583. The van der Waals surface area contributed by atoms with Gasteiger partial charge >= 0.3 is 0 Å². The van der Waals surface area contributed by atoms with E-state index in [0.717, 1.165) is 6.20 Å². The van der Waals surface area contributed by atoms with Gasteiger partial charge in [0.2, 0.25) is 0 Å². The molecule has 1 aromatic carbocycles. The number of phenols is 1. The van der Waals surface area contributed by atoms with Gasteiger partial charge < -0.3 is 5.11 Å². The van der Waals surface area contributed by atoms with Gasteiger partial charge in [0.1, 0.15) is 11.9 Å². The monoisotopic (exact) mass is 258 g/mol. The van der Waals surface area contributed by atoms with Crippen LogP contribution in [-0.2, 0) is 6.42 Å². The van der Waals surface area contributed by atoms with Crippen LogP contribution in [0, 0.1) is 10.1 Å². The van der Waals surface area contributed by atoms with Crippen LogP contribution >= 0.6 is 0 Å². The predicted octanol–water partition coefficient (Wildman–Crippen LogP) is 2.12. The fourth-order valence-electron chi connectivity index (χ4n) is 1.71. The van der Waals surface area contributed by atoms with Crippen LogP contribution in [0.5, 0.6) is 5.75 Å². The van der Waals surface area contributed by atoms with E-state index >= 15 is 0 Å². The number of ketones is 1. The molecule has 1 N–H and O–H groups in total. The fourth-order valence-corrected chi connectivity index (χ4v) is 1.71. The van der Waals surface area contributed by atoms with E-state index in [9.17, 15) is 20.0 Å². The number of hydrogen-bond donors (Lipinski definition) is 1. The second-order valence-corrected chi connectivity index (χ2v) is 3.88. The zero-order chi connectivity index (χ0) is 13.8. The van der Waals surface area contributed by atoms with Crippen molar-refractivity contribution in [2.45, 2.75) is 6.42 Å². The van der Waals surface area contributed by atoms with Crippen LogP contribution in [-0.4, -0.2) is 20.8 Å². The van der Waals surface area contributed by atoms with Gasteiger partial charge in [0, 0.05) is 18.2 Å². The zero-order valence-corrected chi connectivity index (χ0v) is 9.81. The minimum absolute atomic E-state index is 0.135. The van der Waals surface area contributed by atoms with Crippen molar-refractivity contribution >= 4 is 11.5 Å². The molecule has 0 aliphatic rings. The Bertz CT molecular complexity index is 640. The van der Waals surface area contributed by atoms with Crippen molar-refractivity contribution in [1.29, 1.82) is 0 Å². The number of rotatable bonds is 4. The SMILES string of the molecule is O=C(Cc1ccncc1[N+](=O)[O-])c1ccccc1O. The van der Waals surface area contributed by atoms with Crippen LogP contribution in [0.3, 0.4) is 0 Å². The van der Waals surface area contributed by atoms with Gasteiger partial charge in [-0.3, -0.25) is 19.9 Å². The molecule has 0 saturated heterocycles. The van der Waals surface area contributed by atoms with E-state index < -0.39 is 4.92 Å². The first kappa shape index (κ1) is 12.7. The van der Waals surface area contributed by atoms with Crippen molar-refractivity contribution in [2.75, 3.05) is 0 Å². The molecule has 0 aliphatic carbocycles. The van der Waals surface area contributed by atoms with Crippen LogP contribution in [0.1, 0.15) is 15.9 Å². The van der Waals surface area contributed by atoms with Crippen LogP contribution < -0.4 is 0 Å². The van der Waals surface area contributed by atoms with Gasteiger partial charge in [-0.1, -0.05) is 12.1 Å². The minimum Gasteiger partial charge on any atom is -0.507 e. The number of carbonyl (C=O) groups is 1. The molecule has 0 fully saturated rings. The Hall–Kier alpha value is -2.76.